The summed E-state index contributed by atoms with van der Waals surface area (Å²) in [5, 5.41) is 54.2. The number of hydrogen-bond donors (Lipinski definition) is 6. The van der Waals surface area contributed by atoms with Crippen molar-refractivity contribution in [1.82, 2.24) is 5.32 Å². The molecule has 59 heavy (non-hydrogen) atoms. The molecule has 0 aliphatic carbocycles. The topological polar surface area (TPSA) is 149 Å². The molecule has 1 aliphatic heterocycles. The van der Waals surface area contributed by atoms with Crippen LogP contribution in [0, 0.1) is 0 Å². The smallest absolute Gasteiger partial charge is 0.220 e. The zero-order valence-corrected chi connectivity index (χ0v) is 37.5. The molecule has 1 heterocycles. The zero-order chi connectivity index (χ0) is 43.0. The summed E-state index contributed by atoms with van der Waals surface area (Å²) in [5.41, 5.74) is 0. The van der Waals surface area contributed by atoms with Gasteiger partial charge in [0.05, 0.1) is 25.4 Å². The standard InChI is InChI=1S/C50H89NO8/c1-3-5-7-9-11-13-15-17-19-21-22-24-26-28-30-32-34-36-38-40-46(54)51-43(42-58-50-49(57)48(56)47(55)45(41-52)59-50)44(53)39-37-35-33-31-29-27-25-23-20-18-16-14-12-10-8-6-4-2/h11,13,15,17,20,23,29,31,37,39,43-45,47-50,52-53,55-57H,3-10,12,14,16,18-19,21-22,24-28,30,32-36,38,40-42H2,1-2H3,(H,51,54)/b13-11-,17-15-,23-20+,31-29+,39-37+. The van der Waals surface area contributed by atoms with Crippen LogP contribution in [0.3, 0.4) is 0 Å². The summed E-state index contributed by atoms with van der Waals surface area (Å²) in [4.78, 5) is 13.0. The molecule has 342 valence electrons. The van der Waals surface area contributed by atoms with Crippen molar-refractivity contribution in [2.24, 2.45) is 0 Å². The molecule has 7 atom stereocenters. The Morgan fingerprint density at radius 1 is 0.576 bits per heavy atom. The van der Waals surface area contributed by atoms with Crippen molar-refractivity contribution in [3.8, 4) is 0 Å². The van der Waals surface area contributed by atoms with Crippen molar-refractivity contribution in [2.75, 3.05) is 13.2 Å². The summed E-state index contributed by atoms with van der Waals surface area (Å²) in [7, 11) is 0. The highest BCUT2D eigenvalue weighted by Crippen LogP contribution is 2.22. The monoisotopic (exact) mass is 832 g/mol. The van der Waals surface area contributed by atoms with Crippen molar-refractivity contribution >= 4 is 5.91 Å². The number of aliphatic hydroxyl groups excluding tert-OH is 5. The molecule has 9 heteroatoms. The van der Waals surface area contributed by atoms with Crippen LogP contribution in [0.15, 0.2) is 60.8 Å². The van der Waals surface area contributed by atoms with E-state index in [1.165, 1.54) is 116 Å². The number of aliphatic hydroxyl groups is 5. The van der Waals surface area contributed by atoms with Crippen LogP contribution in [-0.4, -0.2) is 87.5 Å². The van der Waals surface area contributed by atoms with E-state index in [1.807, 2.05) is 6.08 Å². The highest BCUT2D eigenvalue weighted by Gasteiger charge is 2.44. The van der Waals surface area contributed by atoms with Gasteiger partial charge < -0.3 is 40.3 Å². The number of ether oxygens (including phenoxy) is 2. The molecule has 6 N–H and O–H groups in total. The van der Waals surface area contributed by atoms with Crippen molar-refractivity contribution in [3.63, 3.8) is 0 Å². The number of carbonyl (C=O) groups excluding carboxylic acids is 1. The molecule has 1 aliphatic rings. The second-order valence-electron chi connectivity index (χ2n) is 16.6. The first-order valence-electron chi connectivity index (χ1n) is 24.0. The molecule has 0 aromatic heterocycles. The van der Waals surface area contributed by atoms with Crippen molar-refractivity contribution in [2.45, 2.75) is 236 Å². The molecular weight excluding hydrogens is 743 g/mol. The van der Waals surface area contributed by atoms with E-state index in [2.05, 4.69) is 67.8 Å². The van der Waals surface area contributed by atoms with Gasteiger partial charge in [-0.15, -0.1) is 0 Å². The van der Waals surface area contributed by atoms with Crippen molar-refractivity contribution < 1.29 is 39.8 Å². The van der Waals surface area contributed by atoms with Gasteiger partial charge in [0.25, 0.3) is 0 Å². The summed E-state index contributed by atoms with van der Waals surface area (Å²) in [6, 6.07) is -0.831. The van der Waals surface area contributed by atoms with E-state index in [-0.39, 0.29) is 12.5 Å². The predicted octanol–water partition coefficient (Wildman–Crippen LogP) is 10.4. The Morgan fingerprint density at radius 3 is 1.56 bits per heavy atom. The number of allylic oxidation sites excluding steroid dienone is 9. The van der Waals surface area contributed by atoms with Gasteiger partial charge in [0.15, 0.2) is 6.29 Å². The molecule has 7 unspecified atom stereocenters. The molecule has 0 saturated carbocycles. The van der Waals surface area contributed by atoms with E-state index in [0.717, 1.165) is 57.8 Å². The molecule has 1 rings (SSSR count). The second-order valence-corrected chi connectivity index (χ2v) is 16.6. The number of rotatable bonds is 39. The molecule has 0 spiro atoms. The van der Waals surface area contributed by atoms with E-state index < -0.39 is 49.5 Å². The van der Waals surface area contributed by atoms with Crippen LogP contribution in [-0.2, 0) is 14.3 Å². The Bertz CT molecular complexity index is 1100. The van der Waals surface area contributed by atoms with Gasteiger partial charge in [-0.3, -0.25) is 4.79 Å². The fourth-order valence-corrected chi connectivity index (χ4v) is 7.18. The Morgan fingerprint density at radius 2 is 1.02 bits per heavy atom. The Balaban J connectivity index is 2.37. The lowest BCUT2D eigenvalue weighted by Crippen LogP contribution is -2.60. The van der Waals surface area contributed by atoms with Crippen LogP contribution in [0.5, 0.6) is 0 Å². The lowest BCUT2D eigenvalue weighted by atomic mass is 9.99. The van der Waals surface area contributed by atoms with Crippen LogP contribution >= 0.6 is 0 Å². The highest BCUT2D eigenvalue weighted by atomic mass is 16.7. The summed E-state index contributed by atoms with van der Waals surface area (Å²) in [6.07, 6.45) is 45.4. The van der Waals surface area contributed by atoms with Crippen LogP contribution in [0.4, 0.5) is 0 Å². The fraction of sp³-hybridized carbons (Fsp3) is 0.780. The Labute approximate surface area is 360 Å². The van der Waals surface area contributed by atoms with E-state index in [4.69, 9.17) is 9.47 Å². The normalized spacial score (nSPS) is 21.2. The SMILES string of the molecule is CCCCC/C=C\C=C/CCCCCCCCCCCCC(=O)NC(COC1OC(CO)C(O)C(O)C1O)C(O)/C=C/CC/C=C/CC/C=C/CCCCCCCCC. The van der Waals surface area contributed by atoms with E-state index in [1.54, 1.807) is 6.08 Å². The third-order valence-electron chi connectivity index (χ3n) is 11.1. The largest absolute Gasteiger partial charge is 0.394 e. The fourth-order valence-electron chi connectivity index (χ4n) is 7.18. The molecular formula is C50H89NO8. The summed E-state index contributed by atoms with van der Waals surface area (Å²) >= 11 is 0. The lowest BCUT2D eigenvalue weighted by Gasteiger charge is -2.40. The third kappa shape index (κ3) is 30.6. The van der Waals surface area contributed by atoms with Gasteiger partial charge in [0, 0.05) is 6.42 Å². The minimum atomic E-state index is -1.58. The first-order valence-corrected chi connectivity index (χ1v) is 24.0. The molecule has 0 aromatic carbocycles. The quantitative estimate of drug-likeness (QED) is 0.0204. The number of carbonyl (C=O) groups is 1. The molecule has 0 bridgehead atoms. The molecule has 0 aromatic rings. The van der Waals surface area contributed by atoms with Gasteiger partial charge in [-0.2, -0.15) is 0 Å². The van der Waals surface area contributed by atoms with Gasteiger partial charge in [-0.25, -0.2) is 0 Å². The second kappa shape index (κ2) is 40.0. The molecule has 1 saturated heterocycles. The molecule has 1 fully saturated rings. The summed E-state index contributed by atoms with van der Waals surface area (Å²) in [5.74, 6) is -0.197. The van der Waals surface area contributed by atoms with Crippen LogP contribution in [0.25, 0.3) is 0 Å². The Kier molecular flexibility index (Phi) is 37.2. The van der Waals surface area contributed by atoms with Crippen LogP contribution < -0.4 is 5.32 Å². The van der Waals surface area contributed by atoms with E-state index in [0.29, 0.717) is 6.42 Å². The lowest BCUT2D eigenvalue weighted by molar-refractivity contribution is -0.302. The average Bonchev–Trinajstić information content (AvgIpc) is 3.23. The average molecular weight is 832 g/mol. The summed E-state index contributed by atoms with van der Waals surface area (Å²) in [6.45, 7) is 3.71. The van der Waals surface area contributed by atoms with Crippen LogP contribution in [0.1, 0.15) is 194 Å². The maximum atomic E-state index is 13.0. The minimum Gasteiger partial charge on any atom is -0.394 e. The Hall–Kier alpha value is -2.11. The van der Waals surface area contributed by atoms with Gasteiger partial charge in [-0.05, 0) is 70.6 Å². The number of nitrogens with one attached hydrogen (secondary N) is 1. The van der Waals surface area contributed by atoms with Crippen molar-refractivity contribution in [3.05, 3.63) is 60.8 Å². The van der Waals surface area contributed by atoms with Crippen molar-refractivity contribution in [1.29, 1.82) is 0 Å². The zero-order valence-electron chi connectivity index (χ0n) is 37.5. The predicted molar refractivity (Wildman–Crippen MR) is 244 cm³/mol. The van der Waals surface area contributed by atoms with E-state index in [9.17, 15) is 30.3 Å². The number of unbranched alkanes of at least 4 members (excludes halogenated alkanes) is 22. The van der Waals surface area contributed by atoms with Gasteiger partial charge in [0.2, 0.25) is 5.91 Å². The van der Waals surface area contributed by atoms with E-state index >= 15 is 0 Å². The van der Waals surface area contributed by atoms with Crippen LogP contribution in [0.2, 0.25) is 0 Å². The number of hydrogen-bond acceptors (Lipinski definition) is 8. The maximum absolute atomic E-state index is 13.0. The van der Waals surface area contributed by atoms with Gasteiger partial charge in [-0.1, -0.05) is 177 Å². The first kappa shape index (κ1) is 54.9. The molecule has 0 radical (unpaired) electrons. The van der Waals surface area contributed by atoms with Gasteiger partial charge in [0.1, 0.15) is 24.4 Å². The van der Waals surface area contributed by atoms with Gasteiger partial charge >= 0.3 is 0 Å². The minimum absolute atomic E-state index is 0.197. The number of amides is 1. The summed E-state index contributed by atoms with van der Waals surface area (Å²) < 4.78 is 11.2. The highest BCUT2D eigenvalue weighted by molar-refractivity contribution is 5.76. The molecule has 1 amide bonds. The molecule has 9 nitrogen and oxygen atoms in total. The first-order chi connectivity index (χ1) is 28.8. The third-order valence-corrected chi connectivity index (χ3v) is 11.1. The maximum Gasteiger partial charge on any atom is 0.220 e.